The Labute approximate surface area is 226 Å². The summed E-state index contributed by atoms with van der Waals surface area (Å²) in [6, 6.07) is 3.80. The summed E-state index contributed by atoms with van der Waals surface area (Å²) in [5.41, 5.74) is 0.998. The molecule has 2 aliphatic heterocycles. The highest BCUT2D eigenvalue weighted by Gasteiger charge is 2.52. The minimum Gasteiger partial charge on any atom is -0.463 e. The third-order valence-corrected chi connectivity index (χ3v) is 6.44. The molecule has 13 heteroatoms. The normalized spacial score (nSPS) is 27.0. The average molecular weight is 552 g/mol. The van der Waals surface area contributed by atoms with Crippen LogP contribution in [-0.4, -0.2) is 82.7 Å². The van der Waals surface area contributed by atoms with Gasteiger partial charge in [0.15, 0.2) is 29.7 Å². The van der Waals surface area contributed by atoms with E-state index in [9.17, 15) is 19.2 Å². The molecule has 1 N–H and O–H groups in total. The fraction of sp³-hybridized carbons (Fsp3) is 0.600. The van der Waals surface area contributed by atoms with Gasteiger partial charge in [-0.3, -0.25) is 24.2 Å². The first-order valence-corrected chi connectivity index (χ1v) is 12.7. The van der Waals surface area contributed by atoms with Crippen LogP contribution >= 0.6 is 12.2 Å². The molecule has 2 saturated heterocycles. The van der Waals surface area contributed by atoms with Crippen molar-refractivity contribution in [2.24, 2.45) is 0 Å². The molecule has 0 radical (unpaired) electrons. The van der Waals surface area contributed by atoms with Crippen LogP contribution in [0.3, 0.4) is 0 Å². The number of carbonyl (C=O) groups is 4. The Kier molecular flexibility index (Phi) is 10.4. The molecular weight excluding hydrogens is 518 g/mol. The zero-order chi connectivity index (χ0) is 27.8. The van der Waals surface area contributed by atoms with Gasteiger partial charge in [-0.15, -0.1) is 0 Å². The number of piperidine rings is 1. The largest absolute Gasteiger partial charge is 0.463 e. The molecular formula is C25H33N3O9S. The van der Waals surface area contributed by atoms with Gasteiger partial charge in [-0.25, -0.2) is 0 Å². The first-order chi connectivity index (χ1) is 18.1. The number of hydrogen-bond acceptors (Lipinski definition) is 11. The lowest BCUT2D eigenvalue weighted by atomic mass is 9.96. The Morgan fingerprint density at radius 2 is 1.66 bits per heavy atom. The zero-order valence-corrected chi connectivity index (χ0v) is 22.6. The predicted octanol–water partition coefficient (Wildman–Crippen LogP) is 1.57. The number of nitrogens with zero attached hydrogens (tertiary/aromatic N) is 2. The summed E-state index contributed by atoms with van der Waals surface area (Å²) in [4.78, 5) is 53.8. The fourth-order valence-electron chi connectivity index (χ4n) is 4.64. The quantitative estimate of drug-likeness (QED) is 0.298. The minimum atomic E-state index is -1.27. The molecule has 0 saturated carbocycles. The Bertz CT molecular complexity index is 1020. The lowest BCUT2D eigenvalue weighted by molar-refractivity contribution is -0.255. The number of likely N-dealkylation sites (tertiary alicyclic amines) is 1. The van der Waals surface area contributed by atoms with Crippen molar-refractivity contribution in [1.29, 1.82) is 0 Å². The molecule has 2 aliphatic rings. The summed E-state index contributed by atoms with van der Waals surface area (Å²) < 4.78 is 27.6. The number of pyridine rings is 1. The van der Waals surface area contributed by atoms with E-state index in [1.165, 1.54) is 27.7 Å². The van der Waals surface area contributed by atoms with Crippen molar-refractivity contribution in [3.05, 3.63) is 30.1 Å². The Morgan fingerprint density at radius 1 is 1.00 bits per heavy atom. The first kappa shape index (κ1) is 29.2. The van der Waals surface area contributed by atoms with Gasteiger partial charge in [0.2, 0.25) is 0 Å². The molecule has 38 heavy (non-hydrogen) atoms. The highest BCUT2D eigenvalue weighted by atomic mass is 32.1. The molecule has 1 aromatic rings. The van der Waals surface area contributed by atoms with Crippen molar-refractivity contribution < 1.29 is 42.9 Å². The Morgan fingerprint density at radius 3 is 2.26 bits per heavy atom. The van der Waals surface area contributed by atoms with Crippen molar-refractivity contribution in [3.8, 4) is 0 Å². The highest BCUT2D eigenvalue weighted by molar-refractivity contribution is 7.80. The number of thiocarbonyl (C=S) groups is 1. The zero-order valence-electron chi connectivity index (χ0n) is 21.8. The molecule has 3 heterocycles. The number of aromatic nitrogens is 1. The summed E-state index contributed by atoms with van der Waals surface area (Å²) in [5.74, 6) is -2.67. The molecule has 0 bridgehead atoms. The number of nitrogens with one attached hydrogen (secondary N) is 1. The van der Waals surface area contributed by atoms with Gasteiger partial charge in [0.1, 0.15) is 12.7 Å². The minimum absolute atomic E-state index is 0.0388. The van der Waals surface area contributed by atoms with Gasteiger partial charge < -0.3 is 33.9 Å². The maximum absolute atomic E-state index is 12.1. The van der Waals surface area contributed by atoms with E-state index in [2.05, 4.69) is 10.3 Å². The topological polar surface area (TPSA) is 143 Å². The van der Waals surface area contributed by atoms with Crippen molar-refractivity contribution in [2.45, 2.75) is 83.6 Å². The van der Waals surface area contributed by atoms with Crippen LogP contribution in [-0.2, 0) is 42.9 Å². The van der Waals surface area contributed by atoms with Gasteiger partial charge in [-0.05, 0) is 43.1 Å². The molecule has 2 fully saturated rings. The molecule has 0 amide bonds. The molecule has 0 unspecified atom stereocenters. The lowest BCUT2D eigenvalue weighted by Crippen LogP contribution is -2.67. The summed E-state index contributed by atoms with van der Waals surface area (Å²) in [6.45, 7) is 5.10. The average Bonchev–Trinajstić information content (AvgIpc) is 2.86. The van der Waals surface area contributed by atoms with E-state index in [0.717, 1.165) is 24.8 Å². The van der Waals surface area contributed by atoms with Crippen LogP contribution < -0.4 is 5.32 Å². The Balaban J connectivity index is 1.92. The molecule has 208 valence electrons. The van der Waals surface area contributed by atoms with Gasteiger partial charge in [0.25, 0.3) is 0 Å². The van der Waals surface area contributed by atoms with Crippen molar-refractivity contribution >= 4 is 41.2 Å². The molecule has 0 aliphatic carbocycles. The standard InChI is InChI=1S/C25H33N3O9S/c1-14(29)33-13-20-21(34-15(2)30)22(35-16(3)31)23(36-17(4)32)24(37-20)27-25(38)28-11-6-5-9-19(28)18-8-7-10-26-12-18/h7-8,10,12,19-24H,5-6,9,11,13H2,1-4H3,(H,27,38)/t19-,20+,21-,22-,23+,24-/m1/s1. The monoisotopic (exact) mass is 551 g/mol. The van der Waals surface area contributed by atoms with Gasteiger partial charge in [0.05, 0.1) is 6.04 Å². The number of ether oxygens (including phenoxy) is 5. The predicted molar refractivity (Wildman–Crippen MR) is 135 cm³/mol. The van der Waals surface area contributed by atoms with Crippen LogP contribution in [0.2, 0.25) is 0 Å². The van der Waals surface area contributed by atoms with E-state index < -0.39 is 54.5 Å². The second-order valence-electron chi connectivity index (χ2n) is 9.06. The molecule has 0 spiro atoms. The van der Waals surface area contributed by atoms with Crippen molar-refractivity contribution in [3.63, 3.8) is 0 Å². The maximum atomic E-state index is 12.1. The van der Waals surface area contributed by atoms with E-state index >= 15 is 0 Å². The number of carbonyl (C=O) groups excluding carboxylic acids is 4. The van der Waals surface area contributed by atoms with Crippen molar-refractivity contribution in [1.82, 2.24) is 15.2 Å². The van der Waals surface area contributed by atoms with Gasteiger partial charge in [-0.2, -0.15) is 0 Å². The summed E-state index contributed by atoms with van der Waals surface area (Å²) in [7, 11) is 0. The maximum Gasteiger partial charge on any atom is 0.303 e. The fourth-order valence-corrected chi connectivity index (χ4v) is 4.98. The van der Waals surface area contributed by atoms with Crippen molar-refractivity contribution in [2.75, 3.05) is 13.2 Å². The smallest absolute Gasteiger partial charge is 0.303 e. The van der Waals surface area contributed by atoms with Gasteiger partial charge >= 0.3 is 23.9 Å². The summed E-state index contributed by atoms with van der Waals surface area (Å²) in [5, 5.41) is 3.42. The van der Waals surface area contributed by atoms with E-state index in [-0.39, 0.29) is 12.6 Å². The Hall–Kier alpha value is -3.32. The van der Waals surface area contributed by atoms with Crippen LogP contribution in [0.15, 0.2) is 24.5 Å². The van der Waals surface area contributed by atoms with Gasteiger partial charge in [-0.1, -0.05) is 6.07 Å². The van der Waals surface area contributed by atoms with E-state index in [1.807, 2.05) is 17.0 Å². The van der Waals surface area contributed by atoms with Crippen LogP contribution in [0, 0.1) is 0 Å². The molecule has 6 atom stereocenters. The van der Waals surface area contributed by atoms with Crippen LogP contribution in [0.25, 0.3) is 0 Å². The molecule has 3 rings (SSSR count). The second-order valence-corrected chi connectivity index (χ2v) is 9.45. The van der Waals surface area contributed by atoms with E-state index in [0.29, 0.717) is 11.7 Å². The summed E-state index contributed by atoms with van der Waals surface area (Å²) in [6.07, 6.45) is 0.338. The van der Waals surface area contributed by atoms with Crippen LogP contribution in [0.5, 0.6) is 0 Å². The third kappa shape index (κ3) is 7.84. The number of hydrogen-bond donors (Lipinski definition) is 1. The molecule has 0 aromatic carbocycles. The van der Waals surface area contributed by atoms with E-state index in [4.69, 9.17) is 35.9 Å². The number of esters is 4. The van der Waals surface area contributed by atoms with Gasteiger partial charge in [0, 0.05) is 46.6 Å². The second kappa shape index (κ2) is 13.5. The SMILES string of the molecule is CC(=O)OC[C@@H]1O[C@@H](NC(=S)N2CCCC[C@@H]2c2cccnc2)[C@@H](OC(C)=O)[C@H](OC(C)=O)[C@@H]1OC(C)=O. The lowest BCUT2D eigenvalue weighted by Gasteiger charge is -2.46. The molecule has 1 aromatic heterocycles. The first-order valence-electron chi connectivity index (χ1n) is 12.3. The van der Waals surface area contributed by atoms with Crippen LogP contribution in [0.4, 0.5) is 0 Å². The highest BCUT2D eigenvalue weighted by Crippen LogP contribution is 2.32. The molecule has 12 nitrogen and oxygen atoms in total. The van der Waals surface area contributed by atoms with Crippen LogP contribution in [0.1, 0.15) is 58.6 Å². The van der Waals surface area contributed by atoms with E-state index in [1.54, 1.807) is 12.4 Å². The third-order valence-electron chi connectivity index (χ3n) is 6.09. The number of rotatable bonds is 7. The summed E-state index contributed by atoms with van der Waals surface area (Å²) >= 11 is 5.76.